The van der Waals surface area contributed by atoms with Crippen molar-refractivity contribution in [2.24, 2.45) is 17.8 Å². The fourth-order valence-electron chi connectivity index (χ4n) is 3.83. The fraction of sp³-hybridized carbons (Fsp3) is 0.579. The number of hydrogen-bond acceptors (Lipinski definition) is 2. The summed E-state index contributed by atoms with van der Waals surface area (Å²) in [5.41, 5.74) is -0.267. The molecule has 1 aromatic rings. The Morgan fingerprint density at radius 3 is 2.54 bits per heavy atom. The molecule has 1 unspecified atom stereocenters. The monoisotopic (exact) mass is 369 g/mol. The zero-order chi connectivity index (χ0) is 19.1. The molecule has 0 radical (unpaired) electrons. The summed E-state index contributed by atoms with van der Waals surface area (Å²) in [7, 11) is 0. The average Bonchev–Trinajstić information content (AvgIpc) is 3.31. The second-order valence-electron chi connectivity index (χ2n) is 7.47. The molecule has 1 N–H and O–H groups in total. The Labute approximate surface area is 150 Å². The molecule has 1 aliphatic heterocycles. The largest absolute Gasteiger partial charge is 0.481 e. The Kier molecular flexibility index (Phi) is 4.99. The summed E-state index contributed by atoms with van der Waals surface area (Å²) in [5, 5.41) is 9.38. The van der Waals surface area contributed by atoms with Crippen molar-refractivity contribution < 1.29 is 27.9 Å². The van der Waals surface area contributed by atoms with Gasteiger partial charge in [-0.25, -0.2) is 0 Å². The molecular weight excluding hydrogens is 347 g/mol. The van der Waals surface area contributed by atoms with Gasteiger partial charge >= 0.3 is 12.1 Å². The molecule has 1 saturated heterocycles. The van der Waals surface area contributed by atoms with Crippen LogP contribution in [-0.2, 0) is 15.8 Å². The Morgan fingerprint density at radius 2 is 1.96 bits per heavy atom. The molecule has 142 valence electrons. The van der Waals surface area contributed by atoms with Crippen LogP contribution in [-0.4, -0.2) is 35.0 Å². The van der Waals surface area contributed by atoms with Crippen LogP contribution in [0.15, 0.2) is 24.3 Å². The number of aliphatic carboxylic acids is 1. The second kappa shape index (κ2) is 6.93. The number of likely N-dealkylation sites (tertiary alicyclic amines) is 1. The van der Waals surface area contributed by atoms with Gasteiger partial charge in [-0.3, -0.25) is 9.59 Å². The number of amides is 1. The van der Waals surface area contributed by atoms with Crippen molar-refractivity contribution in [3.8, 4) is 0 Å². The van der Waals surface area contributed by atoms with Gasteiger partial charge in [0.1, 0.15) is 0 Å². The molecule has 0 spiro atoms. The number of carboxylic acid groups (broad SMARTS) is 1. The Balaban J connectivity index is 1.65. The number of carbonyl (C=O) groups excluding carboxylic acids is 1. The lowest BCUT2D eigenvalue weighted by atomic mass is 9.92. The molecule has 26 heavy (non-hydrogen) atoms. The highest BCUT2D eigenvalue weighted by atomic mass is 19.4. The van der Waals surface area contributed by atoms with Crippen molar-refractivity contribution in [1.82, 2.24) is 4.90 Å². The first-order chi connectivity index (χ1) is 12.2. The third-order valence-electron chi connectivity index (χ3n) is 5.53. The van der Waals surface area contributed by atoms with Crippen molar-refractivity contribution in [2.45, 2.75) is 38.3 Å². The van der Waals surface area contributed by atoms with Crippen LogP contribution in [0.5, 0.6) is 0 Å². The van der Waals surface area contributed by atoms with Crippen molar-refractivity contribution in [3.63, 3.8) is 0 Å². The zero-order valence-electron chi connectivity index (χ0n) is 14.5. The molecule has 1 aliphatic carbocycles. The number of benzene rings is 1. The van der Waals surface area contributed by atoms with Gasteiger partial charge in [0.05, 0.1) is 11.5 Å². The summed E-state index contributed by atoms with van der Waals surface area (Å²) in [6.45, 7) is 2.36. The van der Waals surface area contributed by atoms with Crippen LogP contribution in [0.4, 0.5) is 13.2 Å². The topological polar surface area (TPSA) is 57.6 Å². The van der Waals surface area contributed by atoms with E-state index in [-0.39, 0.29) is 30.7 Å². The van der Waals surface area contributed by atoms with E-state index in [0.717, 1.165) is 25.0 Å². The Bertz CT molecular complexity index is 700. The molecule has 1 saturated carbocycles. The lowest BCUT2D eigenvalue weighted by Crippen LogP contribution is -2.30. The third-order valence-corrected chi connectivity index (χ3v) is 5.53. The maximum Gasteiger partial charge on any atom is 0.416 e. The normalized spacial score (nSPS) is 24.5. The highest BCUT2D eigenvalue weighted by Gasteiger charge is 2.46. The average molecular weight is 369 g/mol. The van der Waals surface area contributed by atoms with E-state index >= 15 is 0 Å². The lowest BCUT2D eigenvalue weighted by Gasteiger charge is -2.20. The first kappa shape index (κ1) is 18.7. The van der Waals surface area contributed by atoms with Gasteiger partial charge in [-0.15, -0.1) is 0 Å². The van der Waals surface area contributed by atoms with Crippen molar-refractivity contribution in [2.75, 3.05) is 13.1 Å². The predicted octanol–water partition coefficient (Wildman–Crippen LogP) is 3.77. The highest BCUT2D eigenvalue weighted by molar-refractivity contribution is 5.79. The molecule has 2 fully saturated rings. The van der Waals surface area contributed by atoms with Crippen LogP contribution < -0.4 is 0 Å². The second-order valence-corrected chi connectivity index (χ2v) is 7.47. The highest BCUT2D eigenvalue weighted by Crippen LogP contribution is 2.44. The number of alkyl halides is 3. The van der Waals surface area contributed by atoms with Gasteiger partial charge in [0.25, 0.3) is 0 Å². The SMILES string of the molecule is CC(CC(=O)N1C[C@H](C(=O)O)[C@@H](C2CC2)C1)c1cccc(C(F)(F)F)c1. The molecule has 1 aromatic carbocycles. The van der Waals surface area contributed by atoms with Crippen LogP contribution in [0, 0.1) is 17.8 Å². The number of carboxylic acids is 1. The maximum atomic E-state index is 12.9. The summed E-state index contributed by atoms with van der Waals surface area (Å²) in [6, 6.07) is 5.02. The van der Waals surface area contributed by atoms with E-state index < -0.39 is 23.6 Å². The van der Waals surface area contributed by atoms with Gasteiger partial charge in [0, 0.05) is 19.5 Å². The number of carbonyl (C=O) groups is 2. The van der Waals surface area contributed by atoms with Crippen molar-refractivity contribution in [3.05, 3.63) is 35.4 Å². The molecule has 0 bridgehead atoms. The summed E-state index contributed by atoms with van der Waals surface area (Å²) in [5.74, 6) is -1.58. The van der Waals surface area contributed by atoms with Gasteiger partial charge in [-0.05, 0) is 42.2 Å². The molecule has 1 heterocycles. The van der Waals surface area contributed by atoms with Crippen LogP contribution in [0.1, 0.15) is 43.2 Å². The first-order valence-electron chi connectivity index (χ1n) is 8.84. The third kappa shape index (κ3) is 4.02. The van der Waals surface area contributed by atoms with E-state index in [0.29, 0.717) is 18.0 Å². The van der Waals surface area contributed by atoms with Crippen LogP contribution in [0.2, 0.25) is 0 Å². The molecule has 4 nitrogen and oxygen atoms in total. The van der Waals surface area contributed by atoms with Crippen molar-refractivity contribution >= 4 is 11.9 Å². The fourth-order valence-corrected chi connectivity index (χ4v) is 3.83. The van der Waals surface area contributed by atoms with Crippen LogP contribution in [0.25, 0.3) is 0 Å². The van der Waals surface area contributed by atoms with E-state index in [2.05, 4.69) is 0 Å². The van der Waals surface area contributed by atoms with E-state index in [1.165, 1.54) is 6.07 Å². The molecule has 3 atom stereocenters. The van der Waals surface area contributed by atoms with Gasteiger partial charge in [0.2, 0.25) is 5.91 Å². The standard InChI is InChI=1S/C19H22F3NO3/c1-11(13-3-2-4-14(8-13)19(20,21)22)7-17(24)23-9-15(12-5-6-12)16(10-23)18(25)26/h2-4,8,11-12,15-16H,5-7,9-10H2,1H3,(H,25,26)/t11?,15-,16+/m1/s1. The molecule has 3 rings (SSSR count). The number of halogens is 3. The quantitative estimate of drug-likeness (QED) is 0.860. The van der Waals surface area contributed by atoms with Crippen molar-refractivity contribution in [1.29, 1.82) is 0 Å². The van der Waals surface area contributed by atoms with E-state index in [4.69, 9.17) is 0 Å². The van der Waals surface area contributed by atoms with Gasteiger partial charge in [-0.1, -0.05) is 25.1 Å². The summed E-state index contributed by atoms with van der Waals surface area (Å²) >= 11 is 0. The van der Waals surface area contributed by atoms with E-state index in [1.54, 1.807) is 17.9 Å². The predicted molar refractivity (Wildman–Crippen MR) is 88.4 cm³/mol. The van der Waals surface area contributed by atoms with E-state index in [9.17, 15) is 27.9 Å². The minimum atomic E-state index is -4.42. The minimum Gasteiger partial charge on any atom is -0.481 e. The zero-order valence-corrected chi connectivity index (χ0v) is 14.5. The Morgan fingerprint density at radius 1 is 1.27 bits per heavy atom. The molecule has 1 amide bonds. The van der Waals surface area contributed by atoms with Gasteiger partial charge in [-0.2, -0.15) is 13.2 Å². The molecular formula is C19H22F3NO3. The Hall–Kier alpha value is -2.05. The first-order valence-corrected chi connectivity index (χ1v) is 8.84. The number of rotatable bonds is 5. The summed E-state index contributed by atoms with van der Waals surface area (Å²) in [4.78, 5) is 25.6. The van der Waals surface area contributed by atoms with Crippen LogP contribution in [0.3, 0.4) is 0 Å². The van der Waals surface area contributed by atoms with Gasteiger partial charge in [0.15, 0.2) is 0 Å². The minimum absolute atomic E-state index is 0.000290. The molecule has 2 aliphatic rings. The maximum absolute atomic E-state index is 12.9. The van der Waals surface area contributed by atoms with Crippen LogP contribution >= 0.6 is 0 Å². The van der Waals surface area contributed by atoms with Gasteiger partial charge < -0.3 is 10.0 Å². The lowest BCUT2D eigenvalue weighted by molar-refractivity contribution is -0.143. The number of hydrogen-bond donors (Lipinski definition) is 1. The molecule has 7 heteroatoms. The smallest absolute Gasteiger partial charge is 0.416 e. The summed E-state index contributed by atoms with van der Waals surface area (Å²) in [6.07, 6.45) is -2.32. The summed E-state index contributed by atoms with van der Waals surface area (Å²) < 4.78 is 38.6. The van der Waals surface area contributed by atoms with E-state index in [1.807, 2.05) is 0 Å². The molecule has 0 aromatic heterocycles. The number of nitrogens with zero attached hydrogens (tertiary/aromatic N) is 1.